The van der Waals surface area contributed by atoms with Gasteiger partial charge in [0.25, 0.3) is 5.91 Å². The van der Waals surface area contributed by atoms with Crippen LogP contribution >= 0.6 is 15.9 Å². The summed E-state index contributed by atoms with van der Waals surface area (Å²) in [5.74, 6) is 0.256. The Kier molecular flexibility index (Phi) is 8.11. The molecule has 2 amide bonds. The van der Waals surface area contributed by atoms with Crippen LogP contribution in [0.2, 0.25) is 0 Å². The van der Waals surface area contributed by atoms with Crippen LogP contribution in [0, 0.1) is 12.8 Å². The summed E-state index contributed by atoms with van der Waals surface area (Å²) >= 11 is 3.44. The number of rotatable bonds is 8. The number of ether oxygens (including phenoxy) is 3. The second-order valence-electron chi connectivity index (χ2n) is 7.06. The number of anilines is 1. The van der Waals surface area contributed by atoms with Crippen molar-refractivity contribution in [2.75, 3.05) is 26.6 Å². The lowest BCUT2D eigenvalue weighted by Crippen LogP contribution is -2.47. The Hall–Kier alpha value is -2.74. The Morgan fingerprint density at radius 2 is 1.57 bits per heavy atom. The van der Waals surface area contributed by atoms with Crippen molar-refractivity contribution in [3.8, 4) is 17.2 Å². The van der Waals surface area contributed by atoms with Crippen LogP contribution in [0.4, 0.5) is 5.69 Å². The molecule has 0 saturated carbocycles. The smallest absolute Gasteiger partial charge is 0.252 e. The topological polar surface area (TPSA) is 85.9 Å². The zero-order valence-electron chi connectivity index (χ0n) is 18.0. The number of carbonyl (C=O) groups excluding carboxylic acids is 2. The van der Waals surface area contributed by atoms with Crippen molar-refractivity contribution in [2.24, 2.45) is 5.92 Å². The molecule has 0 saturated heterocycles. The summed E-state index contributed by atoms with van der Waals surface area (Å²) in [6.07, 6.45) is 0. The van der Waals surface area contributed by atoms with Gasteiger partial charge in [0.15, 0.2) is 11.5 Å². The molecule has 0 aliphatic heterocycles. The van der Waals surface area contributed by atoms with E-state index in [-0.39, 0.29) is 11.8 Å². The highest BCUT2D eigenvalue weighted by Gasteiger charge is 2.26. The van der Waals surface area contributed by atoms with Gasteiger partial charge in [0.1, 0.15) is 6.04 Å². The lowest BCUT2D eigenvalue weighted by atomic mass is 10.0. The van der Waals surface area contributed by atoms with E-state index in [4.69, 9.17) is 14.2 Å². The van der Waals surface area contributed by atoms with E-state index in [0.29, 0.717) is 28.5 Å². The highest BCUT2D eigenvalue weighted by Crippen LogP contribution is 2.38. The maximum Gasteiger partial charge on any atom is 0.252 e. The molecule has 8 heteroatoms. The minimum absolute atomic E-state index is 0.132. The highest BCUT2D eigenvalue weighted by molar-refractivity contribution is 9.10. The Morgan fingerprint density at radius 1 is 0.967 bits per heavy atom. The molecule has 0 radical (unpaired) electrons. The largest absolute Gasteiger partial charge is 0.493 e. The summed E-state index contributed by atoms with van der Waals surface area (Å²) in [7, 11) is 4.44. The Labute approximate surface area is 185 Å². The number of methoxy groups -OCH3 is 3. The predicted molar refractivity (Wildman–Crippen MR) is 120 cm³/mol. The Morgan fingerprint density at radius 3 is 2.03 bits per heavy atom. The highest BCUT2D eigenvalue weighted by atomic mass is 79.9. The molecule has 1 atom stereocenters. The predicted octanol–water partition coefficient (Wildman–Crippen LogP) is 4.18. The zero-order valence-corrected chi connectivity index (χ0v) is 19.5. The van der Waals surface area contributed by atoms with Crippen molar-refractivity contribution < 1.29 is 23.8 Å². The molecule has 0 heterocycles. The molecule has 2 aromatic rings. The first kappa shape index (κ1) is 23.5. The van der Waals surface area contributed by atoms with Crippen molar-refractivity contribution in [3.63, 3.8) is 0 Å². The summed E-state index contributed by atoms with van der Waals surface area (Å²) in [6, 6.07) is 7.88. The van der Waals surface area contributed by atoms with E-state index >= 15 is 0 Å². The fourth-order valence-electron chi connectivity index (χ4n) is 2.91. The molecule has 0 aliphatic carbocycles. The maximum absolute atomic E-state index is 12.9. The van der Waals surface area contributed by atoms with Gasteiger partial charge in [-0.15, -0.1) is 0 Å². The van der Waals surface area contributed by atoms with E-state index < -0.39 is 11.9 Å². The van der Waals surface area contributed by atoms with E-state index in [9.17, 15) is 9.59 Å². The SMILES string of the molecule is COc1cc(C(=O)N[C@H](C(=O)Nc2ccc(Br)c(C)c2)C(C)C)cc(OC)c1OC. The number of nitrogens with one attached hydrogen (secondary N) is 2. The first-order valence-electron chi connectivity index (χ1n) is 9.39. The van der Waals surface area contributed by atoms with Crippen LogP contribution in [-0.2, 0) is 4.79 Å². The van der Waals surface area contributed by atoms with Gasteiger partial charge in [-0.3, -0.25) is 9.59 Å². The summed E-state index contributed by atoms with van der Waals surface area (Å²) in [4.78, 5) is 25.8. The molecule has 2 rings (SSSR count). The summed E-state index contributed by atoms with van der Waals surface area (Å²) in [6.45, 7) is 5.67. The quantitative estimate of drug-likeness (QED) is 0.594. The number of carbonyl (C=O) groups is 2. The van der Waals surface area contributed by atoms with Gasteiger partial charge in [0.2, 0.25) is 11.7 Å². The van der Waals surface area contributed by atoms with E-state index in [1.807, 2.05) is 32.9 Å². The molecule has 0 aromatic heterocycles. The van der Waals surface area contributed by atoms with Gasteiger partial charge in [-0.25, -0.2) is 0 Å². The lowest BCUT2D eigenvalue weighted by molar-refractivity contribution is -0.118. The van der Waals surface area contributed by atoms with E-state index in [2.05, 4.69) is 26.6 Å². The average molecular weight is 479 g/mol. The fraction of sp³-hybridized carbons (Fsp3) is 0.364. The number of aryl methyl sites for hydroxylation is 1. The van der Waals surface area contributed by atoms with Crippen LogP contribution in [0.25, 0.3) is 0 Å². The van der Waals surface area contributed by atoms with E-state index in [1.54, 1.807) is 18.2 Å². The van der Waals surface area contributed by atoms with Gasteiger partial charge >= 0.3 is 0 Å². The van der Waals surface area contributed by atoms with Gasteiger partial charge in [0.05, 0.1) is 21.3 Å². The van der Waals surface area contributed by atoms with Crippen LogP contribution in [-0.4, -0.2) is 39.2 Å². The van der Waals surface area contributed by atoms with Crippen LogP contribution in [0.3, 0.4) is 0 Å². The van der Waals surface area contributed by atoms with Crippen LogP contribution < -0.4 is 24.8 Å². The molecular weight excluding hydrogens is 452 g/mol. The van der Waals surface area contributed by atoms with Crippen molar-refractivity contribution in [2.45, 2.75) is 26.8 Å². The van der Waals surface area contributed by atoms with E-state index in [0.717, 1.165) is 10.0 Å². The normalized spacial score (nSPS) is 11.6. The molecule has 2 N–H and O–H groups in total. The molecular formula is C22H27BrN2O5. The number of halogens is 1. The van der Waals surface area contributed by atoms with Crippen molar-refractivity contribution in [1.82, 2.24) is 5.32 Å². The lowest BCUT2D eigenvalue weighted by Gasteiger charge is -2.22. The third kappa shape index (κ3) is 5.44. The molecule has 0 spiro atoms. The van der Waals surface area contributed by atoms with Gasteiger partial charge < -0.3 is 24.8 Å². The number of amides is 2. The van der Waals surface area contributed by atoms with Crippen LogP contribution in [0.15, 0.2) is 34.8 Å². The van der Waals surface area contributed by atoms with Gasteiger partial charge in [-0.2, -0.15) is 0 Å². The number of benzene rings is 2. The minimum atomic E-state index is -0.736. The zero-order chi connectivity index (χ0) is 22.4. The van der Waals surface area contributed by atoms with Crippen molar-refractivity contribution >= 4 is 33.4 Å². The Balaban J connectivity index is 2.24. The number of hydrogen-bond acceptors (Lipinski definition) is 5. The molecule has 7 nitrogen and oxygen atoms in total. The first-order chi connectivity index (χ1) is 14.2. The van der Waals surface area contributed by atoms with Crippen molar-refractivity contribution in [3.05, 3.63) is 45.9 Å². The summed E-state index contributed by atoms with van der Waals surface area (Å²) in [5.41, 5.74) is 1.95. The third-order valence-electron chi connectivity index (χ3n) is 4.59. The standard InChI is InChI=1S/C22H27BrN2O5/c1-12(2)19(22(27)24-15-7-8-16(23)13(3)9-15)25-21(26)14-10-17(28-4)20(30-6)18(11-14)29-5/h7-12,19H,1-6H3,(H,24,27)(H,25,26)/t19-/m0/s1. The van der Waals surface area contributed by atoms with Gasteiger partial charge in [-0.05, 0) is 48.7 Å². The molecule has 2 aromatic carbocycles. The second-order valence-corrected chi connectivity index (χ2v) is 7.92. The molecule has 0 fully saturated rings. The number of hydrogen-bond donors (Lipinski definition) is 2. The monoisotopic (exact) mass is 478 g/mol. The van der Waals surface area contributed by atoms with Gasteiger partial charge in [0, 0.05) is 15.7 Å². The molecule has 0 bridgehead atoms. The molecule has 0 aliphatic rings. The summed E-state index contributed by atoms with van der Waals surface area (Å²) < 4.78 is 16.8. The summed E-state index contributed by atoms with van der Waals surface area (Å²) in [5, 5.41) is 5.67. The minimum Gasteiger partial charge on any atom is -0.493 e. The first-order valence-corrected chi connectivity index (χ1v) is 10.2. The molecule has 30 heavy (non-hydrogen) atoms. The fourth-order valence-corrected chi connectivity index (χ4v) is 3.16. The Bertz CT molecular complexity index is 905. The average Bonchev–Trinajstić information content (AvgIpc) is 2.72. The molecule has 0 unspecified atom stereocenters. The van der Waals surface area contributed by atoms with Crippen LogP contribution in [0.5, 0.6) is 17.2 Å². The van der Waals surface area contributed by atoms with Gasteiger partial charge in [-0.1, -0.05) is 29.8 Å². The molecule has 162 valence electrons. The second kappa shape index (κ2) is 10.3. The maximum atomic E-state index is 12.9. The van der Waals surface area contributed by atoms with Crippen molar-refractivity contribution in [1.29, 1.82) is 0 Å². The van der Waals surface area contributed by atoms with Crippen LogP contribution in [0.1, 0.15) is 29.8 Å². The third-order valence-corrected chi connectivity index (χ3v) is 5.48. The van der Waals surface area contributed by atoms with E-state index in [1.165, 1.54) is 21.3 Å².